The summed E-state index contributed by atoms with van der Waals surface area (Å²) >= 11 is 0. The lowest BCUT2D eigenvalue weighted by atomic mass is 10.2. The smallest absolute Gasteiger partial charge is 0.255 e. The lowest BCUT2D eigenvalue weighted by molar-refractivity contribution is 0.0792. The van der Waals surface area contributed by atoms with E-state index in [1.807, 2.05) is 23.1 Å². The van der Waals surface area contributed by atoms with Crippen LogP contribution in [0.3, 0.4) is 0 Å². The molecule has 0 radical (unpaired) electrons. The molecule has 1 amide bonds. The third kappa shape index (κ3) is 3.42. The zero-order valence-electron chi connectivity index (χ0n) is 13.9. The zero-order chi connectivity index (χ0) is 16.9. The molecular weight excluding hydrogens is 306 g/mol. The highest BCUT2D eigenvalue weighted by atomic mass is 16.5. The normalized spacial score (nSPS) is 13.7. The van der Waals surface area contributed by atoms with Crippen LogP contribution in [0.4, 0.5) is 11.4 Å². The van der Waals surface area contributed by atoms with Crippen molar-refractivity contribution < 1.29 is 14.3 Å². The number of benzene rings is 1. The number of nitrogens with zero attached hydrogens (tertiary/aromatic N) is 2. The van der Waals surface area contributed by atoms with Crippen molar-refractivity contribution in [1.29, 1.82) is 0 Å². The zero-order valence-corrected chi connectivity index (χ0v) is 13.9. The van der Waals surface area contributed by atoms with Gasteiger partial charge in [0, 0.05) is 25.4 Å². The number of anilines is 2. The molecule has 0 aliphatic carbocycles. The van der Waals surface area contributed by atoms with Gasteiger partial charge in [0.15, 0.2) is 0 Å². The molecule has 6 nitrogen and oxygen atoms in total. The highest BCUT2D eigenvalue weighted by molar-refractivity contribution is 5.95. The van der Waals surface area contributed by atoms with Gasteiger partial charge in [-0.15, -0.1) is 0 Å². The molecule has 0 atom stereocenters. The molecule has 1 fully saturated rings. The molecule has 24 heavy (non-hydrogen) atoms. The standard InChI is InChI=1S/C18H21N3O3/c1-23-15-5-6-16(17(10-15)24-2)20-14-9-13(11-19-12-14)18(22)21-7-3-4-8-21/h5-6,9-12,20H,3-4,7-8H2,1-2H3. The number of carbonyl (C=O) groups is 1. The number of amides is 1. The number of likely N-dealkylation sites (tertiary alicyclic amines) is 1. The second-order valence-corrected chi connectivity index (χ2v) is 5.65. The Bertz CT molecular complexity index is 727. The number of pyridine rings is 1. The molecule has 6 heteroatoms. The molecule has 1 aromatic heterocycles. The van der Waals surface area contributed by atoms with Gasteiger partial charge in [0.25, 0.3) is 5.91 Å². The molecule has 126 valence electrons. The fourth-order valence-electron chi connectivity index (χ4n) is 2.79. The van der Waals surface area contributed by atoms with Crippen LogP contribution in [0.25, 0.3) is 0 Å². The largest absolute Gasteiger partial charge is 0.497 e. The van der Waals surface area contributed by atoms with Crippen LogP contribution in [0.2, 0.25) is 0 Å². The molecule has 0 spiro atoms. The van der Waals surface area contributed by atoms with E-state index in [0.29, 0.717) is 17.1 Å². The Morgan fingerprint density at radius 3 is 2.62 bits per heavy atom. The SMILES string of the molecule is COc1ccc(Nc2cncc(C(=O)N3CCCC3)c2)c(OC)c1. The summed E-state index contributed by atoms with van der Waals surface area (Å²) in [5.74, 6) is 1.41. The van der Waals surface area contributed by atoms with Crippen molar-refractivity contribution in [2.75, 3.05) is 32.6 Å². The molecule has 0 unspecified atom stereocenters. The van der Waals surface area contributed by atoms with Crippen molar-refractivity contribution in [3.05, 3.63) is 42.2 Å². The summed E-state index contributed by atoms with van der Waals surface area (Å²) in [6.07, 6.45) is 5.43. The van der Waals surface area contributed by atoms with Crippen molar-refractivity contribution in [3.8, 4) is 11.5 Å². The Kier molecular flexibility index (Phi) is 4.84. The minimum Gasteiger partial charge on any atom is -0.497 e. The predicted octanol–water partition coefficient (Wildman–Crippen LogP) is 3.08. The first-order chi connectivity index (χ1) is 11.7. The van der Waals surface area contributed by atoms with E-state index in [1.54, 1.807) is 32.7 Å². The molecule has 2 aromatic rings. The number of carbonyl (C=O) groups excluding carboxylic acids is 1. The van der Waals surface area contributed by atoms with Crippen molar-refractivity contribution in [2.24, 2.45) is 0 Å². The molecule has 1 aromatic carbocycles. The van der Waals surface area contributed by atoms with Crippen LogP contribution >= 0.6 is 0 Å². The van der Waals surface area contributed by atoms with Gasteiger partial charge in [-0.25, -0.2) is 0 Å². The van der Waals surface area contributed by atoms with Crippen LogP contribution in [0.1, 0.15) is 23.2 Å². The summed E-state index contributed by atoms with van der Waals surface area (Å²) in [7, 11) is 3.21. The molecule has 0 bridgehead atoms. The monoisotopic (exact) mass is 327 g/mol. The molecule has 3 rings (SSSR count). The van der Waals surface area contributed by atoms with E-state index in [-0.39, 0.29) is 5.91 Å². The lowest BCUT2D eigenvalue weighted by Gasteiger charge is -2.16. The predicted molar refractivity (Wildman–Crippen MR) is 92.2 cm³/mol. The van der Waals surface area contributed by atoms with Crippen molar-refractivity contribution >= 4 is 17.3 Å². The molecule has 2 heterocycles. The first-order valence-corrected chi connectivity index (χ1v) is 7.94. The topological polar surface area (TPSA) is 63.7 Å². The van der Waals surface area contributed by atoms with Crippen LogP contribution in [-0.2, 0) is 0 Å². The van der Waals surface area contributed by atoms with Gasteiger partial charge in [0.2, 0.25) is 0 Å². The highest BCUT2D eigenvalue weighted by Crippen LogP contribution is 2.31. The van der Waals surface area contributed by atoms with Crippen molar-refractivity contribution in [2.45, 2.75) is 12.8 Å². The number of ether oxygens (including phenoxy) is 2. The van der Waals surface area contributed by atoms with Gasteiger partial charge in [-0.2, -0.15) is 0 Å². The summed E-state index contributed by atoms with van der Waals surface area (Å²) in [6.45, 7) is 1.64. The van der Waals surface area contributed by atoms with Crippen LogP contribution in [-0.4, -0.2) is 43.1 Å². The number of methoxy groups -OCH3 is 2. The number of hydrogen-bond donors (Lipinski definition) is 1. The fraction of sp³-hybridized carbons (Fsp3) is 0.333. The highest BCUT2D eigenvalue weighted by Gasteiger charge is 2.20. The number of nitrogens with one attached hydrogen (secondary N) is 1. The van der Waals surface area contributed by atoms with E-state index in [1.165, 1.54) is 0 Å². The molecule has 1 N–H and O–H groups in total. The van der Waals surface area contributed by atoms with Gasteiger partial charge < -0.3 is 19.7 Å². The van der Waals surface area contributed by atoms with E-state index in [0.717, 1.165) is 37.3 Å². The van der Waals surface area contributed by atoms with Gasteiger partial charge in [0.1, 0.15) is 11.5 Å². The summed E-state index contributed by atoms with van der Waals surface area (Å²) in [6, 6.07) is 7.33. The minimum absolute atomic E-state index is 0.0327. The average Bonchev–Trinajstić information content (AvgIpc) is 3.16. The van der Waals surface area contributed by atoms with Crippen molar-refractivity contribution in [3.63, 3.8) is 0 Å². The van der Waals surface area contributed by atoms with Gasteiger partial charge in [0.05, 0.1) is 37.4 Å². The first-order valence-electron chi connectivity index (χ1n) is 7.94. The van der Waals surface area contributed by atoms with E-state index in [4.69, 9.17) is 9.47 Å². The molecule has 0 saturated carbocycles. The van der Waals surface area contributed by atoms with Crippen molar-refractivity contribution in [1.82, 2.24) is 9.88 Å². The number of hydrogen-bond acceptors (Lipinski definition) is 5. The second kappa shape index (κ2) is 7.21. The lowest BCUT2D eigenvalue weighted by Crippen LogP contribution is -2.27. The minimum atomic E-state index is 0.0327. The second-order valence-electron chi connectivity index (χ2n) is 5.65. The maximum absolute atomic E-state index is 12.5. The van der Waals surface area contributed by atoms with Gasteiger partial charge >= 0.3 is 0 Å². The summed E-state index contributed by atoms with van der Waals surface area (Å²) < 4.78 is 10.6. The Labute approximate surface area is 141 Å². The Morgan fingerprint density at radius 2 is 1.92 bits per heavy atom. The summed E-state index contributed by atoms with van der Waals surface area (Å²) in [4.78, 5) is 18.5. The Morgan fingerprint density at radius 1 is 1.12 bits per heavy atom. The van der Waals surface area contributed by atoms with E-state index in [9.17, 15) is 4.79 Å². The van der Waals surface area contributed by atoms with Crippen LogP contribution < -0.4 is 14.8 Å². The van der Waals surface area contributed by atoms with E-state index in [2.05, 4.69) is 10.3 Å². The quantitative estimate of drug-likeness (QED) is 0.914. The Hall–Kier alpha value is -2.76. The molecule has 1 aliphatic heterocycles. The summed E-state index contributed by atoms with van der Waals surface area (Å²) in [5, 5.41) is 3.25. The first kappa shape index (κ1) is 16.1. The van der Waals surface area contributed by atoms with Crippen LogP contribution in [0.15, 0.2) is 36.7 Å². The van der Waals surface area contributed by atoms with Gasteiger partial charge in [-0.05, 0) is 31.0 Å². The maximum atomic E-state index is 12.5. The van der Waals surface area contributed by atoms with E-state index >= 15 is 0 Å². The van der Waals surface area contributed by atoms with Gasteiger partial charge in [-0.1, -0.05) is 0 Å². The number of rotatable bonds is 5. The van der Waals surface area contributed by atoms with Crippen LogP contribution in [0.5, 0.6) is 11.5 Å². The molecular formula is C18H21N3O3. The Balaban J connectivity index is 1.81. The average molecular weight is 327 g/mol. The third-order valence-electron chi connectivity index (χ3n) is 4.07. The van der Waals surface area contributed by atoms with Crippen LogP contribution in [0, 0.1) is 0 Å². The number of aromatic nitrogens is 1. The van der Waals surface area contributed by atoms with E-state index < -0.39 is 0 Å². The summed E-state index contributed by atoms with van der Waals surface area (Å²) in [5.41, 5.74) is 2.11. The fourth-order valence-corrected chi connectivity index (χ4v) is 2.79. The third-order valence-corrected chi connectivity index (χ3v) is 4.07. The molecule has 1 saturated heterocycles. The van der Waals surface area contributed by atoms with Gasteiger partial charge in [-0.3, -0.25) is 9.78 Å². The maximum Gasteiger partial charge on any atom is 0.255 e. The molecule has 1 aliphatic rings.